The molecule has 1 aromatic rings. The predicted molar refractivity (Wildman–Crippen MR) is 60.2 cm³/mol. The number of aromatic amines is 1. The third-order valence-electron chi connectivity index (χ3n) is 2.38. The molecule has 0 aliphatic carbocycles. The zero-order valence-corrected chi connectivity index (χ0v) is 9.36. The number of carbonyl (C=O) groups excluding carboxylic acids is 1. The second-order valence-corrected chi connectivity index (χ2v) is 3.92. The number of H-pyrrole nitrogens is 1. The van der Waals surface area contributed by atoms with Gasteiger partial charge in [0.25, 0.3) is 11.5 Å². The fraction of sp³-hybridized carbons (Fsp3) is 0.455. The highest BCUT2D eigenvalue weighted by atomic mass is 16.3. The summed E-state index contributed by atoms with van der Waals surface area (Å²) >= 11 is 0. The topological polar surface area (TPSA) is 82.2 Å². The number of pyridine rings is 1. The van der Waals surface area contributed by atoms with Gasteiger partial charge in [0.15, 0.2) is 0 Å². The number of aliphatic hydroxyl groups is 1. The molecule has 0 aliphatic heterocycles. The van der Waals surface area contributed by atoms with Gasteiger partial charge in [-0.05, 0) is 18.1 Å². The van der Waals surface area contributed by atoms with Crippen LogP contribution in [-0.4, -0.2) is 28.6 Å². The lowest BCUT2D eigenvalue weighted by Crippen LogP contribution is -2.42. The van der Waals surface area contributed by atoms with Crippen molar-refractivity contribution in [2.75, 3.05) is 6.61 Å². The van der Waals surface area contributed by atoms with Gasteiger partial charge in [0.2, 0.25) is 0 Å². The first-order chi connectivity index (χ1) is 7.56. The molecule has 0 saturated carbocycles. The Bertz CT molecular complexity index is 412. The van der Waals surface area contributed by atoms with E-state index in [1.807, 2.05) is 13.8 Å². The van der Waals surface area contributed by atoms with Crippen molar-refractivity contribution in [3.05, 3.63) is 34.2 Å². The summed E-state index contributed by atoms with van der Waals surface area (Å²) < 4.78 is 0. The van der Waals surface area contributed by atoms with Crippen LogP contribution in [0.3, 0.4) is 0 Å². The normalized spacial score (nSPS) is 12.5. The molecule has 3 N–H and O–H groups in total. The van der Waals surface area contributed by atoms with Gasteiger partial charge in [0.05, 0.1) is 12.6 Å². The first-order valence-electron chi connectivity index (χ1n) is 5.15. The van der Waals surface area contributed by atoms with Crippen LogP contribution in [0, 0.1) is 5.92 Å². The van der Waals surface area contributed by atoms with E-state index in [-0.39, 0.29) is 24.1 Å². The molecule has 88 valence electrons. The molecule has 0 aliphatic rings. The number of aliphatic hydroxyl groups excluding tert-OH is 1. The van der Waals surface area contributed by atoms with Gasteiger partial charge in [0.1, 0.15) is 5.56 Å². The van der Waals surface area contributed by atoms with Gasteiger partial charge >= 0.3 is 0 Å². The molecule has 0 radical (unpaired) electrons. The highest BCUT2D eigenvalue weighted by Gasteiger charge is 2.17. The first kappa shape index (κ1) is 12.4. The second kappa shape index (κ2) is 5.46. The van der Waals surface area contributed by atoms with E-state index in [0.717, 1.165) is 0 Å². The van der Waals surface area contributed by atoms with Crippen LogP contribution in [0.15, 0.2) is 23.1 Å². The van der Waals surface area contributed by atoms with Crippen LogP contribution in [0.4, 0.5) is 0 Å². The lowest BCUT2D eigenvalue weighted by atomic mass is 10.1. The van der Waals surface area contributed by atoms with Gasteiger partial charge in [-0.25, -0.2) is 0 Å². The van der Waals surface area contributed by atoms with Gasteiger partial charge in [-0.3, -0.25) is 9.59 Å². The Morgan fingerprint density at radius 1 is 1.56 bits per heavy atom. The molecule has 1 amide bonds. The van der Waals surface area contributed by atoms with Gasteiger partial charge in [-0.15, -0.1) is 0 Å². The van der Waals surface area contributed by atoms with Crippen molar-refractivity contribution < 1.29 is 9.90 Å². The molecule has 1 rings (SSSR count). The predicted octanol–water partition coefficient (Wildman–Crippen LogP) is 0.122. The van der Waals surface area contributed by atoms with Gasteiger partial charge in [0, 0.05) is 6.20 Å². The van der Waals surface area contributed by atoms with Crippen LogP contribution in [0.1, 0.15) is 24.2 Å². The fourth-order valence-electron chi connectivity index (χ4n) is 1.27. The van der Waals surface area contributed by atoms with Crippen molar-refractivity contribution >= 4 is 5.91 Å². The Morgan fingerprint density at radius 2 is 2.25 bits per heavy atom. The van der Waals surface area contributed by atoms with Gasteiger partial charge in [-0.2, -0.15) is 0 Å². The molecule has 0 fully saturated rings. The first-order valence-corrected chi connectivity index (χ1v) is 5.15. The molecule has 0 saturated heterocycles. The molecule has 5 heteroatoms. The van der Waals surface area contributed by atoms with Crippen molar-refractivity contribution in [2.24, 2.45) is 5.92 Å². The van der Waals surface area contributed by atoms with Gasteiger partial charge in [-0.1, -0.05) is 13.8 Å². The molecule has 0 spiro atoms. The number of amides is 1. The minimum atomic E-state index is -0.463. The van der Waals surface area contributed by atoms with Crippen LogP contribution in [0.2, 0.25) is 0 Å². The Balaban J connectivity index is 2.80. The average molecular weight is 224 g/mol. The third-order valence-corrected chi connectivity index (χ3v) is 2.38. The number of hydrogen-bond donors (Lipinski definition) is 3. The summed E-state index contributed by atoms with van der Waals surface area (Å²) in [6.45, 7) is 3.63. The van der Waals surface area contributed by atoms with E-state index in [1.165, 1.54) is 12.3 Å². The molecular formula is C11H16N2O3. The molecule has 1 heterocycles. The lowest BCUT2D eigenvalue weighted by Gasteiger charge is -2.19. The summed E-state index contributed by atoms with van der Waals surface area (Å²) in [7, 11) is 0. The smallest absolute Gasteiger partial charge is 0.260 e. The number of nitrogens with one attached hydrogen (secondary N) is 2. The van der Waals surface area contributed by atoms with Crippen LogP contribution < -0.4 is 10.9 Å². The molecule has 0 aromatic carbocycles. The maximum absolute atomic E-state index is 11.7. The highest BCUT2D eigenvalue weighted by molar-refractivity contribution is 5.93. The zero-order chi connectivity index (χ0) is 12.1. The van der Waals surface area contributed by atoms with E-state index < -0.39 is 11.5 Å². The Kier molecular flexibility index (Phi) is 4.25. The Labute approximate surface area is 93.5 Å². The molecule has 5 nitrogen and oxygen atoms in total. The number of rotatable bonds is 4. The van der Waals surface area contributed by atoms with E-state index in [2.05, 4.69) is 10.3 Å². The monoisotopic (exact) mass is 224 g/mol. The number of aromatic nitrogens is 1. The number of carbonyl (C=O) groups is 1. The average Bonchev–Trinajstić information content (AvgIpc) is 2.25. The SMILES string of the molecule is CC(C)C(CO)NC(=O)c1ccc[nH]c1=O. The van der Waals surface area contributed by atoms with Crippen LogP contribution >= 0.6 is 0 Å². The van der Waals surface area contributed by atoms with E-state index in [4.69, 9.17) is 5.11 Å². The van der Waals surface area contributed by atoms with E-state index >= 15 is 0 Å². The molecule has 1 aromatic heterocycles. The van der Waals surface area contributed by atoms with Crippen molar-refractivity contribution in [1.29, 1.82) is 0 Å². The Morgan fingerprint density at radius 3 is 2.75 bits per heavy atom. The minimum Gasteiger partial charge on any atom is -0.394 e. The van der Waals surface area contributed by atoms with E-state index in [0.29, 0.717) is 0 Å². The van der Waals surface area contributed by atoms with Crippen LogP contribution in [-0.2, 0) is 0 Å². The second-order valence-electron chi connectivity index (χ2n) is 3.92. The summed E-state index contributed by atoms with van der Waals surface area (Å²) in [6, 6.07) is 2.69. The Hall–Kier alpha value is -1.62. The van der Waals surface area contributed by atoms with Gasteiger partial charge < -0.3 is 15.4 Å². The fourth-order valence-corrected chi connectivity index (χ4v) is 1.27. The quantitative estimate of drug-likeness (QED) is 0.679. The largest absolute Gasteiger partial charge is 0.394 e. The van der Waals surface area contributed by atoms with E-state index in [9.17, 15) is 9.59 Å². The van der Waals surface area contributed by atoms with Crippen molar-refractivity contribution in [3.63, 3.8) is 0 Å². The van der Waals surface area contributed by atoms with Crippen molar-refractivity contribution in [3.8, 4) is 0 Å². The van der Waals surface area contributed by atoms with Crippen molar-refractivity contribution in [2.45, 2.75) is 19.9 Å². The summed E-state index contributed by atoms with van der Waals surface area (Å²) in [4.78, 5) is 25.4. The molecule has 16 heavy (non-hydrogen) atoms. The highest BCUT2D eigenvalue weighted by Crippen LogP contribution is 2.01. The summed E-state index contributed by atoms with van der Waals surface area (Å²) in [5.41, 5.74) is -0.373. The van der Waals surface area contributed by atoms with Crippen molar-refractivity contribution in [1.82, 2.24) is 10.3 Å². The number of hydrogen-bond acceptors (Lipinski definition) is 3. The third kappa shape index (κ3) is 2.93. The maximum Gasteiger partial charge on any atom is 0.260 e. The zero-order valence-electron chi connectivity index (χ0n) is 9.36. The molecular weight excluding hydrogens is 208 g/mol. The maximum atomic E-state index is 11.7. The van der Waals surface area contributed by atoms with Crippen LogP contribution in [0.25, 0.3) is 0 Å². The molecule has 0 bridgehead atoms. The van der Waals surface area contributed by atoms with E-state index in [1.54, 1.807) is 6.07 Å². The summed E-state index contributed by atoms with van der Waals surface area (Å²) in [5.74, 6) is -0.355. The molecule has 1 unspecified atom stereocenters. The minimum absolute atomic E-state index is 0.0570. The lowest BCUT2D eigenvalue weighted by molar-refractivity contribution is 0.0895. The molecule has 1 atom stereocenters. The standard InChI is InChI=1S/C11H16N2O3/c1-7(2)9(6-14)13-11(16)8-4-3-5-12-10(8)15/h3-5,7,9,14H,6H2,1-2H3,(H,12,15)(H,13,16). The van der Waals surface area contributed by atoms with Crippen LogP contribution in [0.5, 0.6) is 0 Å². The summed E-state index contributed by atoms with van der Waals surface area (Å²) in [6.07, 6.45) is 1.46. The summed E-state index contributed by atoms with van der Waals surface area (Å²) in [5, 5.41) is 11.7.